The zero-order valence-corrected chi connectivity index (χ0v) is 30.1. The van der Waals surface area contributed by atoms with Gasteiger partial charge in [-0.3, -0.25) is 0 Å². The Morgan fingerprint density at radius 1 is 0.440 bits per heavy atom. The molecule has 4 heteroatoms. The zero-order chi connectivity index (χ0) is 33.9. The van der Waals surface area contributed by atoms with Crippen molar-refractivity contribution < 1.29 is 0 Å². The first-order valence-electron chi connectivity index (χ1n) is 18.1. The molecule has 1 fully saturated rings. The fraction of sp³-hybridized carbons (Fsp3) is 0.196. The summed E-state index contributed by atoms with van der Waals surface area (Å²) < 4.78 is 0. The predicted octanol–water partition coefficient (Wildman–Crippen LogP) is 11.5. The first-order valence-corrected chi connectivity index (χ1v) is 21.6. The number of rotatable bonds is 5. The van der Waals surface area contributed by atoms with E-state index in [0.717, 1.165) is 16.7 Å². The van der Waals surface area contributed by atoms with Crippen LogP contribution in [-0.2, 0) is 5.41 Å². The second-order valence-corrected chi connectivity index (χ2v) is 20.3. The van der Waals surface area contributed by atoms with Gasteiger partial charge in [0.25, 0.3) is 0 Å². The first-order chi connectivity index (χ1) is 24.4. The van der Waals surface area contributed by atoms with Crippen molar-refractivity contribution in [2.24, 2.45) is 0 Å². The molecule has 2 aliphatic carbocycles. The van der Waals surface area contributed by atoms with E-state index in [0.29, 0.717) is 17.5 Å². The van der Waals surface area contributed by atoms with Gasteiger partial charge in [0, 0.05) is 22.1 Å². The highest BCUT2D eigenvalue weighted by molar-refractivity contribution is 6.88. The van der Waals surface area contributed by atoms with Crippen molar-refractivity contribution in [1.29, 1.82) is 0 Å². The van der Waals surface area contributed by atoms with Crippen LogP contribution in [0.5, 0.6) is 0 Å². The fourth-order valence-electron chi connectivity index (χ4n) is 8.35. The van der Waals surface area contributed by atoms with Crippen LogP contribution in [-0.4, -0.2) is 23.0 Å². The summed E-state index contributed by atoms with van der Waals surface area (Å²) in [6, 6.07) is 48.5. The Morgan fingerprint density at radius 2 is 1.00 bits per heavy atom. The van der Waals surface area contributed by atoms with Crippen LogP contribution >= 0.6 is 0 Å². The van der Waals surface area contributed by atoms with Crippen LogP contribution in [0.15, 0.2) is 133 Å². The molecule has 2 aliphatic rings. The Bertz CT molecular complexity index is 2400. The van der Waals surface area contributed by atoms with E-state index in [1.807, 2.05) is 18.2 Å². The van der Waals surface area contributed by atoms with Gasteiger partial charge < -0.3 is 0 Å². The minimum absolute atomic E-state index is 0.111. The summed E-state index contributed by atoms with van der Waals surface area (Å²) in [6.07, 6.45) is 6.38. The Labute approximate surface area is 296 Å². The molecule has 0 N–H and O–H groups in total. The molecule has 244 valence electrons. The molecule has 0 aliphatic heterocycles. The Kier molecular flexibility index (Phi) is 7.40. The van der Waals surface area contributed by atoms with Crippen LogP contribution in [0.1, 0.15) is 43.2 Å². The third-order valence-electron chi connectivity index (χ3n) is 11.1. The van der Waals surface area contributed by atoms with Crippen molar-refractivity contribution >= 4 is 24.0 Å². The van der Waals surface area contributed by atoms with Gasteiger partial charge in [0.1, 0.15) is 0 Å². The number of nitrogens with zero attached hydrogens (tertiary/aromatic N) is 3. The van der Waals surface area contributed by atoms with Gasteiger partial charge >= 0.3 is 0 Å². The van der Waals surface area contributed by atoms with Crippen LogP contribution in [0.25, 0.3) is 67.2 Å². The molecule has 0 amide bonds. The number of fused-ring (bicyclic) bond motifs is 6. The number of hydrogen-bond donors (Lipinski definition) is 0. The average Bonchev–Trinajstić information content (AvgIpc) is 3.42. The molecule has 0 bridgehead atoms. The maximum Gasteiger partial charge on any atom is 0.164 e. The molecule has 50 heavy (non-hydrogen) atoms. The van der Waals surface area contributed by atoms with E-state index in [4.69, 9.17) is 15.0 Å². The van der Waals surface area contributed by atoms with Crippen molar-refractivity contribution in [2.75, 3.05) is 0 Å². The Morgan fingerprint density at radius 3 is 1.74 bits per heavy atom. The van der Waals surface area contributed by atoms with Crippen molar-refractivity contribution in [3.8, 4) is 56.4 Å². The molecule has 1 spiro atoms. The molecule has 0 atom stereocenters. The normalized spacial score (nSPS) is 14.9. The molecular formula is C46H41N3Si. The van der Waals surface area contributed by atoms with Crippen molar-refractivity contribution in [1.82, 2.24) is 15.0 Å². The summed E-state index contributed by atoms with van der Waals surface area (Å²) >= 11 is 0. The summed E-state index contributed by atoms with van der Waals surface area (Å²) in [5.74, 6) is 2.04. The highest BCUT2D eigenvalue weighted by Crippen LogP contribution is 2.56. The van der Waals surface area contributed by atoms with Crippen molar-refractivity contribution in [2.45, 2.75) is 57.2 Å². The van der Waals surface area contributed by atoms with Crippen molar-refractivity contribution in [3.63, 3.8) is 0 Å². The quantitative estimate of drug-likeness (QED) is 0.172. The molecule has 9 rings (SSSR count). The van der Waals surface area contributed by atoms with E-state index in [-0.39, 0.29) is 5.41 Å². The molecule has 1 heterocycles. The Balaban J connectivity index is 1.15. The zero-order valence-electron chi connectivity index (χ0n) is 29.1. The summed E-state index contributed by atoms with van der Waals surface area (Å²) in [7, 11) is -1.44. The van der Waals surface area contributed by atoms with Crippen LogP contribution in [0.2, 0.25) is 19.6 Å². The van der Waals surface area contributed by atoms with E-state index in [1.54, 1.807) is 10.8 Å². The van der Waals surface area contributed by atoms with E-state index in [1.165, 1.54) is 70.7 Å². The van der Waals surface area contributed by atoms with Gasteiger partial charge in [-0.25, -0.2) is 15.0 Å². The minimum Gasteiger partial charge on any atom is -0.208 e. The molecule has 0 unspecified atom stereocenters. The van der Waals surface area contributed by atoms with Gasteiger partial charge in [-0.15, -0.1) is 0 Å². The lowest BCUT2D eigenvalue weighted by molar-refractivity contribution is 0.353. The largest absolute Gasteiger partial charge is 0.208 e. The highest BCUT2D eigenvalue weighted by atomic mass is 28.3. The lowest BCUT2D eigenvalue weighted by Gasteiger charge is -2.36. The molecule has 1 aromatic heterocycles. The molecular weight excluding hydrogens is 623 g/mol. The van der Waals surface area contributed by atoms with Crippen LogP contribution in [0.3, 0.4) is 0 Å². The van der Waals surface area contributed by atoms with Crippen LogP contribution < -0.4 is 5.19 Å². The SMILES string of the molecule is C[Si](C)(C)c1ccc2c(c1)C1(CCCCC1)c1cc(-c3cccc(-c4nc(-c5ccccc5)nc(-c5ccc6ccccc6c5)n4)c3)ccc1-2. The van der Waals surface area contributed by atoms with Gasteiger partial charge in [0.15, 0.2) is 17.5 Å². The van der Waals surface area contributed by atoms with E-state index >= 15 is 0 Å². The van der Waals surface area contributed by atoms with Crippen LogP contribution in [0, 0.1) is 0 Å². The summed E-state index contributed by atoms with van der Waals surface area (Å²) in [5, 5.41) is 3.93. The van der Waals surface area contributed by atoms with E-state index in [2.05, 4.69) is 135 Å². The van der Waals surface area contributed by atoms with E-state index < -0.39 is 8.07 Å². The minimum atomic E-state index is -1.44. The second kappa shape index (κ2) is 12.0. The van der Waals surface area contributed by atoms with Gasteiger partial charge in [0.05, 0.1) is 8.07 Å². The summed E-state index contributed by atoms with van der Waals surface area (Å²) in [5.41, 5.74) is 11.5. The molecule has 0 saturated heterocycles. The lowest BCUT2D eigenvalue weighted by atomic mass is 9.67. The number of benzene rings is 6. The third-order valence-corrected chi connectivity index (χ3v) is 13.1. The molecule has 1 saturated carbocycles. The lowest BCUT2D eigenvalue weighted by Crippen LogP contribution is -2.39. The van der Waals surface area contributed by atoms with Gasteiger partial charge in [-0.2, -0.15) is 0 Å². The maximum absolute atomic E-state index is 5.10. The van der Waals surface area contributed by atoms with Crippen LogP contribution in [0.4, 0.5) is 0 Å². The van der Waals surface area contributed by atoms with Gasteiger partial charge in [0.2, 0.25) is 0 Å². The monoisotopic (exact) mass is 663 g/mol. The topological polar surface area (TPSA) is 38.7 Å². The number of aromatic nitrogens is 3. The molecule has 7 aromatic rings. The van der Waals surface area contributed by atoms with Gasteiger partial charge in [-0.1, -0.05) is 159 Å². The summed E-state index contributed by atoms with van der Waals surface area (Å²) in [6.45, 7) is 7.40. The molecule has 3 nitrogen and oxygen atoms in total. The first kappa shape index (κ1) is 30.8. The van der Waals surface area contributed by atoms with Crippen molar-refractivity contribution in [3.05, 3.63) is 145 Å². The maximum atomic E-state index is 5.10. The van der Waals surface area contributed by atoms with Gasteiger partial charge in [-0.05, 0) is 75.2 Å². The molecule has 0 radical (unpaired) electrons. The summed E-state index contributed by atoms with van der Waals surface area (Å²) in [4.78, 5) is 15.2. The third kappa shape index (κ3) is 5.30. The second-order valence-electron chi connectivity index (χ2n) is 15.2. The molecule has 6 aromatic carbocycles. The average molecular weight is 664 g/mol. The predicted molar refractivity (Wildman–Crippen MR) is 211 cm³/mol. The standard InChI is InChI=1S/C46H41N3Si/c1-50(2,3)38-22-24-40-39-23-21-35(29-41(39)46(42(40)30-38)25-10-5-11-26-46)34-17-12-18-36(28-34)44-47-43(32-14-6-4-7-15-32)48-45(49-44)37-20-19-31-13-8-9-16-33(31)27-37/h4,6-9,12-24,27-30H,5,10-11,25-26H2,1-3H3. The van der Waals surface area contributed by atoms with E-state index in [9.17, 15) is 0 Å². The smallest absolute Gasteiger partial charge is 0.164 e. The fourth-order valence-corrected chi connectivity index (χ4v) is 9.51. The Hall–Kier alpha value is -5.19. The number of hydrogen-bond acceptors (Lipinski definition) is 3. The highest BCUT2D eigenvalue weighted by Gasteiger charge is 2.44.